The van der Waals surface area contributed by atoms with Crippen molar-refractivity contribution in [1.82, 2.24) is 9.97 Å². The number of hydrogen-bond donors (Lipinski definition) is 1. The molecule has 0 saturated carbocycles. The Morgan fingerprint density at radius 3 is 2.48 bits per heavy atom. The number of methoxy groups -OCH3 is 1. The second kappa shape index (κ2) is 7.02. The Hall–Kier alpha value is -1.43. The summed E-state index contributed by atoms with van der Waals surface area (Å²) < 4.78 is 10.9. The zero-order valence-corrected chi connectivity index (χ0v) is 13.6. The van der Waals surface area contributed by atoms with Crippen LogP contribution in [-0.2, 0) is 0 Å². The summed E-state index contributed by atoms with van der Waals surface area (Å²) in [5, 5.41) is 4.04. The third kappa shape index (κ3) is 3.61. The molecule has 2 rings (SSSR count). The predicted octanol–water partition coefficient (Wildman–Crippen LogP) is 4.67. The van der Waals surface area contributed by atoms with Crippen molar-refractivity contribution in [2.75, 3.05) is 19.0 Å². The lowest BCUT2D eigenvalue weighted by Crippen LogP contribution is -2.04. The molecular formula is C13H12Cl3N3O2. The second-order valence-electron chi connectivity index (χ2n) is 3.89. The Morgan fingerprint density at radius 2 is 1.81 bits per heavy atom. The lowest BCUT2D eigenvalue weighted by Gasteiger charge is -2.13. The van der Waals surface area contributed by atoms with Gasteiger partial charge >= 0.3 is 0 Å². The second-order valence-corrected chi connectivity index (χ2v) is 5.11. The van der Waals surface area contributed by atoms with Crippen LogP contribution in [0.5, 0.6) is 17.4 Å². The highest BCUT2D eigenvalue weighted by atomic mass is 35.5. The number of anilines is 1. The van der Waals surface area contributed by atoms with Crippen LogP contribution in [0.25, 0.3) is 0 Å². The lowest BCUT2D eigenvalue weighted by atomic mass is 10.3. The van der Waals surface area contributed by atoms with Crippen molar-refractivity contribution < 1.29 is 9.47 Å². The van der Waals surface area contributed by atoms with Crippen molar-refractivity contribution in [3.8, 4) is 17.4 Å². The molecule has 0 spiro atoms. The maximum atomic E-state index is 6.08. The molecule has 1 N–H and O–H groups in total. The molecule has 21 heavy (non-hydrogen) atoms. The summed E-state index contributed by atoms with van der Waals surface area (Å²) in [5.74, 6) is 1.46. The first-order valence-corrected chi connectivity index (χ1v) is 7.15. The molecule has 0 fully saturated rings. The van der Waals surface area contributed by atoms with Crippen LogP contribution in [0.4, 0.5) is 5.82 Å². The summed E-state index contributed by atoms with van der Waals surface area (Å²) in [4.78, 5) is 8.14. The SMILES string of the molecule is CCNc1ncnc(Oc2cc(Cl)c(Cl)cc2Cl)c1OC. The quantitative estimate of drug-likeness (QED) is 0.796. The topological polar surface area (TPSA) is 56.3 Å². The number of nitrogens with zero attached hydrogens (tertiary/aromatic N) is 2. The molecule has 2 aromatic rings. The van der Waals surface area contributed by atoms with E-state index in [0.717, 1.165) is 0 Å². The minimum atomic E-state index is 0.226. The van der Waals surface area contributed by atoms with E-state index in [4.69, 9.17) is 44.3 Å². The summed E-state index contributed by atoms with van der Waals surface area (Å²) in [6.07, 6.45) is 1.36. The highest BCUT2D eigenvalue weighted by Gasteiger charge is 2.16. The van der Waals surface area contributed by atoms with Crippen LogP contribution < -0.4 is 14.8 Å². The Labute approximate surface area is 137 Å². The molecule has 0 atom stereocenters. The van der Waals surface area contributed by atoms with E-state index >= 15 is 0 Å². The average Bonchev–Trinajstić information content (AvgIpc) is 2.45. The summed E-state index contributed by atoms with van der Waals surface area (Å²) in [6.45, 7) is 2.62. The van der Waals surface area contributed by atoms with Crippen LogP contribution in [0.2, 0.25) is 15.1 Å². The molecule has 5 nitrogen and oxygen atoms in total. The van der Waals surface area contributed by atoms with Gasteiger partial charge in [0.25, 0.3) is 5.88 Å². The normalized spacial score (nSPS) is 10.3. The Balaban J connectivity index is 2.40. The van der Waals surface area contributed by atoms with Gasteiger partial charge in [0.1, 0.15) is 12.1 Å². The van der Waals surface area contributed by atoms with E-state index in [-0.39, 0.29) is 5.88 Å². The highest BCUT2D eigenvalue weighted by molar-refractivity contribution is 6.43. The fourth-order valence-corrected chi connectivity index (χ4v) is 2.17. The fraction of sp³-hybridized carbons (Fsp3) is 0.231. The molecule has 1 aromatic heterocycles. The van der Waals surface area contributed by atoms with Crippen LogP contribution in [0, 0.1) is 0 Å². The van der Waals surface area contributed by atoms with Gasteiger partial charge in [0.2, 0.25) is 5.75 Å². The third-order valence-electron chi connectivity index (χ3n) is 2.50. The molecule has 0 amide bonds. The Bertz CT molecular complexity index is 653. The van der Waals surface area contributed by atoms with E-state index < -0.39 is 0 Å². The lowest BCUT2D eigenvalue weighted by molar-refractivity contribution is 0.369. The zero-order chi connectivity index (χ0) is 15.4. The van der Waals surface area contributed by atoms with Gasteiger partial charge in [-0.1, -0.05) is 34.8 Å². The summed E-state index contributed by atoms with van der Waals surface area (Å²) in [6, 6.07) is 3.01. The molecule has 0 saturated heterocycles. The smallest absolute Gasteiger partial charge is 0.268 e. The predicted molar refractivity (Wildman–Crippen MR) is 84.3 cm³/mol. The van der Waals surface area contributed by atoms with Crippen LogP contribution in [0.15, 0.2) is 18.5 Å². The molecule has 0 aliphatic heterocycles. The maximum Gasteiger partial charge on any atom is 0.268 e. The van der Waals surface area contributed by atoms with Gasteiger partial charge in [0, 0.05) is 12.6 Å². The van der Waals surface area contributed by atoms with E-state index in [0.29, 0.717) is 38.9 Å². The van der Waals surface area contributed by atoms with Gasteiger partial charge in [-0.05, 0) is 13.0 Å². The summed E-state index contributed by atoms with van der Waals surface area (Å²) in [7, 11) is 1.50. The minimum Gasteiger partial charge on any atom is -0.489 e. The van der Waals surface area contributed by atoms with Crippen LogP contribution >= 0.6 is 34.8 Å². The van der Waals surface area contributed by atoms with Gasteiger partial charge in [-0.3, -0.25) is 0 Å². The Morgan fingerprint density at radius 1 is 1.10 bits per heavy atom. The highest BCUT2D eigenvalue weighted by Crippen LogP contribution is 2.39. The largest absolute Gasteiger partial charge is 0.489 e. The number of ether oxygens (including phenoxy) is 2. The molecule has 1 heterocycles. The van der Waals surface area contributed by atoms with Gasteiger partial charge in [-0.25, -0.2) is 4.98 Å². The summed E-state index contributed by atoms with van der Waals surface area (Å²) in [5.41, 5.74) is 0. The number of aromatic nitrogens is 2. The number of benzene rings is 1. The molecule has 0 aliphatic rings. The summed E-state index contributed by atoms with van der Waals surface area (Å²) >= 11 is 17.9. The first-order chi connectivity index (χ1) is 10.1. The van der Waals surface area contributed by atoms with Crippen molar-refractivity contribution in [2.45, 2.75) is 6.92 Å². The van der Waals surface area contributed by atoms with Crippen LogP contribution in [0.1, 0.15) is 6.92 Å². The van der Waals surface area contributed by atoms with Crippen molar-refractivity contribution in [2.24, 2.45) is 0 Å². The van der Waals surface area contributed by atoms with Crippen molar-refractivity contribution >= 4 is 40.6 Å². The van der Waals surface area contributed by atoms with Crippen molar-refractivity contribution in [3.63, 3.8) is 0 Å². The van der Waals surface area contributed by atoms with Gasteiger partial charge < -0.3 is 14.8 Å². The van der Waals surface area contributed by atoms with Crippen molar-refractivity contribution in [3.05, 3.63) is 33.5 Å². The number of hydrogen-bond acceptors (Lipinski definition) is 5. The van der Waals surface area contributed by atoms with Crippen LogP contribution in [0.3, 0.4) is 0 Å². The van der Waals surface area contributed by atoms with E-state index in [9.17, 15) is 0 Å². The molecule has 0 radical (unpaired) electrons. The average molecular weight is 349 g/mol. The van der Waals surface area contributed by atoms with E-state index in [1.165, 1.54) is 25.6 Å². The van der Waals surface area contributed by atoms with Crippen molar-refractivity contribution in [1.29, 1.82) is 0 Å². The molecular weight excluding hydrogens is 337 g/mol. The zero-order valence-electron chi connectivity index (χ0n) is 11.3. The van der Waals surface area contributed by atoms with E-state index in [1.54, 1.807) is 0 Å². The standard InChI is InChI=1S/C13H12Cl3N3O2/c1-3-17-12-11(20-2)13(19-6-18-12)21-10-5-8(15)7(14)4-9(10)16/h4-6H,3H2,1-2H3,(H,17,18,19). The number of nitrogens with one attached hydrogen (secondary N) is 1. The van der Waals surface area contributed by atoms with E-state index in [2.05, 4.69) is 15.3 Å². The molecule has 112 valence electrons. The van der Waals surface area contributed by atoms with E-state index in [1.807, 2.05) is 6.92 Å². The fourth-order valence-electron chi connectivity index (χ4n) is 1.59. The molecule has 0 aliphatic carbocycles. The van der Waals surface area contributed by atoms with Gasteiger partial charge in [-0.2, -0.15) is 4.98 Å². The number of rotatable bonds is 5. The first-order valence-electron chi connectivity index (χ1n) is 6.02. The third-order valence-corrected chi connectivity index (χ3v) is 3.52. The Kier molecular flexibility index (Phi) is 5.33. The number of halogens is 3. The van der Waals surface area contributed by atoms with Gasteiger partial charge in [0.05, 0.1) is 22.2 Å². The molecule has 0 bridgehead atoms. The minimum absolute atomic E-state index is 0.226. The molecule has 0 unspecified atom stereocenters. The van der Waals surface area contributed by atoms with Crippen LogP contribution in [-0.4, -0.2) is 23.6 Å². The molecule has 1 aromatic carbocycles. The molecule has 8 heteroatoms. The van der Waals surface area contributed by atoms with Gasteiger partial charge in [-0.15, -0.1) is 0 Å². The monoisotopic (exact) mass is 347 g/mol. The van der Waals surface area contributed by atoms with Gasteiger partial charge in [0.15, 0.2) is 5.82 Å². The maximum absolute atomic E-state index is 6.08. The first kappa shape index (κ1) is 15.9.